The molecule has 1 N–H and O–H groups in total. The van der Waals surface area contributed by atoms with Crippen LogP contribution in [-0.2, 0) is 9.59 Å². The Morgan fingerprint density at radius 1 is 1.16 bits per heavy atom. The van der Waals surface area contributed by atoms with E-state index in [-0.39, 0.29) is 16.8 Å². The van der Waals surface area contributed by atoms with Gasteiger partial charge in [0.1, 0.15) is 23.1 Å². The quantitative estimate of drug-likeness (QED) is 0.317. The number of ether oxygens (including phenoxy) is 1. The van der Waals surface area contributed by atoms with Crippen LogP contribution in [-0.4, -0.2) is 28.9 Å². The van der Waals surface area contributed by atoms with Gasteiger partial charge in [0.2, 0.25) is 0 Å². The van der Waals surface area contributed by atoms with Crippen LogP contribution in [0.1, 0.15) is 17.2 Å². The number of Topliss-reactive ketones (excluding diaryl/α,β-unsaturated/α-hetero) is 1. The highest BCUT2D eigenvalue weighted by Gasteiger charge is 2.47. The molecule has 2 heterocycles. The summed E-state index contributed by atoms with van der Waals surface area (Å²) in [5, 5.41) is 11.1. The fourth-order valence-electron chi connectivity index (χ4n) is 3.58. The minimum atomic E-state index is -1.18. The Kier molecular flexibility index (Phi) is 5.75. The number of aliphatic hydroxyl groups excluding tert-OH is 1. The zero-order valence-corrected chi connectivity index (χ0v) is 18.1. The Bertz CT molecular complexity index is 1260. The van der Waals surface area contributed by atoms with Crippen LogP contribution in [0.5, 0.6) is 5.75 Å². The Morgan fingerprint density at radius 3 is 2.56 bits per heavy atom. The first kappa shape index (κ1) is 21.6. The van der Waals surface area contributed by atoms with Crippen molar-refractivity contribution in [2.24, 2.45) is 0 Å². The van der Waals surface area contributed by atoms with Gasteiger partial charge < -0.3 is 9.84 Å². The van der Waals surface area contributed by atoms with Gasteiger partial charge in [-0.1, -0.05) is 6.07 Å². The normalized spacial score (nSPS) is 17.6. The molecule has 32 heavy (non-hydrogen) atoms. The molecule has 3 aromatic rings. The molecule has 0 saturated carbocycles. The second-order valence-electron chi connectivity index (χ2n) is 6.90. The number of hydrogen-bond donors (Lipinski definition) is 1. The highest BCUT2D eigenvalue weighted by Crippen LogP contribution is 2.43. The van der Waals surface area contributed by atoms with Gasteiger partial charge in [-0.2, -0.15) is 0 Å². The molecule has 1 aliphatic heterocycles. The largest absolute Gasteiger partial charge is 0.507 e. The lowest BCUT2D eigenvalue weighted by Gasteiger charge is -2.25. The van der Waals surface area contributed by atoms with E-state index in [1.807, 2.05) is 0 Å². The summed E-state index contributed by atoms with van der Waals surface area (Å²) in [7, 11) is 1.48. The number of benzene rings is 2. The van der Waals surface area contributed by atoms with E-state index in [0.29, 0.717) is 21.9 Å². The minimum absolute atomic E-state index is 0.240. The van der Waals surface area contributed by atoms with Crippen LogP contribution in [0.25, 0.3) is 5.76 Å². The number of carbonyl (C=O) groups excluding carboxylic acids is 2. The van der Waals surface area contributed by atoms with Crippen molar-refractivity contribution in [3.05, 3.63) is 93.7 Å². The number of hydrogen-bond acceptors (Lipinski definition) is 5. The summed E-state index contributed by atoms with van der Waals surface area (Å²) in [6.45, 7) is 0. The van der Waals surface area contributed by atoms with Crippen molar-refractivity contribution in [1.82, 2.24) is 4.98 Å². The molecule has 1 fully saturated rings. The van der Waals surface area contributed by atoms with Crippen LogP contribution in [0.3, 0.4) is 0 Å². The summed E-state index contributed by atoms with van der Waals surface area (Å²) in [5.74, 6) is -3.87. The SMILES string of the molecule is COc1ccc(/C(O)=C2\C(=O)C(=O)N(c3ccc(F)cc3F)C2c2cccnc2)cc1Br. The number of anilines is 1. The number of amides is 1. The molecule has 0 aliphatic carbocycles. The maximum atomic E-state index is 14.6. The number of ketones is 1. The number of rotatable bonds is 4. The number of methoxy groups -OCH3 is 1. The van der Waals surface area contributed by atoms with E-state index in [9.17, 15) is 23.5 Å². The highest BCUT2D eigenvalue weighted by molar-refractivity contribution is 9.10. The summed E-state index contributed by atoms with van der Waals surface area (Å²) < 4.78 is 33.8. The van der Waals surface area contributed by atoms with Gasteiger partial charge in [0.05, 0.1) is 28.9 Å². The first-order valence-electron chi connectivity index (χ1n) is 9.33. The molecule has 0 radical (unpaired) electrons. The topological polar surface area (TPSA) is 79.7 Å². The summed E-state index contributed by atoms with van der Waals surface area (Å²) in [5.41, 5.74) is 0.0646. The Labute approximate surface area is 189 Å². The molecular weight excluding hydrogens is 486 g/mol. The molecule has 9 heteroatoms. The summed E-state index contributed by atoms with van der Waals surface area (Å²) in [6, 6.07) is 9.30. The first-order chi connectivity index (χ1) is 15.3. The average molecular weight is 501 g/mol. The van der Waals surface area contributed by atoms with Crippen LogP contribution < -0.4 is 9.64 Å². The predicted octanol–water partition coefficient (Wildman–Crippen LogP) is 4.76. The van der Waals surface area contributed by atoms with Gasteiger partial charge in [-0.3, -0.25) is 19.5 Å². The van der Waals surface area contributed by atoms with Crippen LogP contribution in [0.4, 0.5) is 14.5 Å². The molecule has 1 unspecified atom stereocenters. The van der Waals surface area contributed by atoms with Gasteiger partial charge in [0.15, 0.2) is 0 Å². The van der Waals surface area contributed by atoms with Gasteiger partial charge in [0.25, 0.3) is 11.7 Å². The fourth-order valence-corrected chi connectivity index (χ4v) is 4.12. The monoisotopic (exact) mass is 500 g/mol. The molecule has 1 saturated heterocycles. The zero-order valence-electron chi connectivity index (χ0n) is 16.6. The number of aliphatic hydroxyl groups is 1. The molecule has 1 atom stereocenters. The van der Waals surface area contributed by atoms with E-state index in [1.54, 1.807) is 18.2 Å². The van der Waals surface area contributed by atoms with Crippen LogP contribution in [0.2, 0.25) is 0 Å². The van der Waals surface area contributed by atoms with E-state index in [4.69, 9.17) is 4.74 Å². The summed E-state index contributed by atoms with van der Waals surface area (Å²) in [4.78, 5) is 30.9. The van der Waals surface area contributed by atoms with Crippen molar-refractivity contribution < 1.29 is 28.2 Å². The molecule has 0 spiro atoms. The third-order valence-electron chi connectivity index (χ3n) is 5.04. The Balaban J connectivity index is 1.95. The molecule has 162 valence electrons. The molecule has 1 amide bonds. The predicted molar refractivity (Wildman–Crippen MR) is 116 cm³/mol. The molecule has 2 aromatic carbocycles. The second kappa shape index (κ2) is 8.51. The summed E-state index contributed by atoms with van der Waals surface area (Å²) in [6.07, 6.45) is 2.90. The molecule has 6 nitrogen and oxygen atoms in total. The lowest BCUT2D eigenvalue weighted by molar-refractivity contribution is -0.132. The molecule has 1 aromatic heterocycles. The van der Waals surface area contributed by atoms with E-state index in [2.05, 4.69) is 20.9 Å². The Hall–Kier alpha value is -3.59. The van der Waals surface area contributed by atoms with Gasteiger partial charge in [0, 0.05) is 24.0 Å². The number of halogens is 3. The molecule has 1 aliphatic rings. The van der Waals surface area contributed by atoms with Crippen molar-refractivity contribution in [2.75, 3.05) is 12.0 Å². The van der Waals surface area contributed by atoms with Crippen molar-refractivity contribution in [3.63, 3.8) is 0 Å². The van der Waals surface area contributed by atoms with Gasteiger partial charge in [-0.15, -0.1) is 0 Å². The van der Waals surface area contributed by atoms with Gasteiger partial charge in [-0.05, 0) is 57.9 Å². The smallest absolute Gasteiger partial charge is 0.300 e. The molecular formula is C23H15BrF2N2O4. The van der Waals surface area contributed by atoms with Crippen LogP contribution in [0.15, 0.2) is 71.0 Å². The fraction of sp³-hybridized carbons (Fsp3) is 0.0870. The number of aromatic nitrogens is 1. The standard InChI is InChI=1S/C23H15BrF2N2O4/c1-32-18-7-4-12(9-15(18)24)21(29)19-20(13-3-2-8-27-11-13)28(23(31)22(19)30)17-6-5-14(25)10-16(17)26/h2-11,20,29H,1H3/b21-19+. The zero-order chi connectivity index (χ0) is 23.0. The average Bonchev–Trinajstić information content (AvgIpc) is 3.04. The lowest BCUT2D eigenvalue weighted by Crippen LogP contribution is -2.30. The lowest BCUT2D eigenvalue weighted by atomic mass is 9.96. The van der Waals surface area contributed by atoms with Crippen molar-refractivity contribution in [3.8, 4) is 5.75 Å². The van der Waals surface area contributed by atoms with E-state index in [0.717, 1.165) is 17.0 Å². The third kappa shape index (κ3) is 3.64. The van der Waals surface area contributed by atoms with Crippen LogP contribution >= 0.6 is 15.9 Å². The number of nitrogens with zero attached hydrogens (tertiary/aromatic N) is 2. The summed E-state index contributed by atoms with van der Waals surface area (Å²) >= 11 is 3.32. The van der Waals surface area contributed by atoms with E-state index >= 15 is 0 Å². The third-order valence-corrected chi connectivity index (χ3v) is 5.66. The maximum absolute atomic E-state index is 14.6. The number of pyridine rings is 1. The van der Waals surface area contributed by atoms with Crippen molar-refractivity contribution in [1.29, 1.82) is 0 Å². The van der Waals surface area contributed by atoms with Crippen molar-refractivity contribution >= 4 is 39.1 Å². The van der Waals surface area contributed by atoms with E-state index in [1.165, 1.54) is 31.6 Å². The molecule has 4 rings (SSSR count). The minimum Gasteiger partial charge on any atom is -0.507 e. The van der Waals surface area contributed by atoms with Crippen molar-refractivity contribution in [2.45, 2.75) is 6.04 Å². The number of carbonyl (C=O) groups is 2. The first-order valence-corrected chi connectivity index (χ1v) is 10.1. The molecule has 0 bridgehead atoms. The van der Waals surface area contributed by atoms with Gasteiger partial charge in [-0.25, -0.2) is 8.78 Å². The van der Waals surface area contributed by atoms with E-state index < -0.39 is 35.1 Å². The van der Waals surface area contributed by atoms with Crippen LogP contribution in [0, 0.1) is 11.6 Å². The van der Waals surface area contributed by atoms with Gasteiger partial charge >= 0.3 is 0 Å². The Morgan fingerprint density at radius 2 is 1.94 bits per heavy atom. The maximum Gasteiger partial charge on any atom is 0.300 e. The highest BCUT2D eigenvalue weighted by atomic mass is 79.9. The second-order valence-corrected chi connectivity index (χ2v) is 7.75.